The molecular weight excluding hydrogens is 266 g/mol. The fourth-order valence-corrected chi connectivity index (χ4v) is 2.62. The first-order valence-corrected chi connectivity index (χ1v) is 7.43. The van der Waals surface area contributed by atoms with Crippen LogP contribution in [0.25, 0.3) is 11.0 Å². The van der Waals surface area contributed by atoms with Gasteiger partial charge in [0.1, 0.15) is 5.52 Å². The van der Waals surface area contributed by atoms with Gasteiger partial charge < -0.3 is 4.74 Å². The summed E-state index contributed by atoms with van der Waals surface area (Å²) in [6.07, 6.45) is 7.51. The van der Waals surface area contributed by atoms with Gasteiger partial charge in [0.25, 0.3) is 0 Å². The van der Waals surface area contributed by atoms with Crippen molar-refractivity contribution >= 4 is 17.0 Å². The Kier molecular flexibility index (Phi) is 3.99. The molecule has 5 heteroatoms. The van der Waals surface area contributed by atoms with E-state index in [2.05, 4.69) is 22.5 Å². The second-order valence-corrected chi connectivity index (χ2v) is 5.36. The normalized spacial score (nSPS) is 18.0. The number of hydrogen-bond donors (Lipinski definition) is 0. The minimum Gasteiger partial charge on any atom is -0.462 e. The number of fused-ring (bicyclic) bond motifs is 1. The van der Waals surface area contributed by atoms with E-state index in [-0.39, 0.29) is 5.97 Å². The second-order valence-electron chi connectivity index (χ2n) is 5.36. The number of allylic oxidation sites excluding steroid dienone is 2. The van der Waals surface area contributed by atoms with E-state index in [1.165, 1.54) is 0 Å². The zero-order valence-corrected chi connectivity index (χ0v) is 12.2. The van der Waals surface area contributed by atoms with E-state index in [9.17, 15) is 4.79 Å². The predicted molar refractivity (Wildman–Crippen MR) is 80.0 cm³/mol. The minimum absolute atomic E-state index is 0.280. The van der Waals surface area contributed by atoms with Gasteiger partial charge in [0.2, 0.25) is 0 Å². The average Bonchev–Trinajstić information content (AvgIpc) is 2.95. The van der Waals surface area contributed by atoms with Gasteiger partial charge in [-0.3, -0.25) is 0 Å². The van der Waals surface area contributed by atoms with Crippen LogP contribution in [0.3, 0.4) is 0 Å². The van der Waals surface area contributed by atoms with Gasteiger partial charge in [-0.05, 0) is 50.3 Å². The van der Waals surface area contributed by atoms with E-state index >= 15 is 0 Å². The lowest BCUT2D eigenvalue weighted by Crippen LogP contribution is -2.15. The molecule has 21 heavy (non-hydrogen) atoms. The zero-order valence-electron chi connectivity index (χ0n) is 12.2. The Hall–Kier alpha value is -2.17. The van der Waals surface area contributed by atoms with Gasteiger partial charge >= 0.3 is 5.97 Å². The maximum atomic E-state index is 12.1. The van der Waals surface area contributed by atoms with Crippen molar-refractivity contribution in [1.29, 1.82) is 0 Å². The molecule has 1 aromatic carbocycles. The third-order valence-electron chi connectivity index (χ3n) is 3.88. The molecule has 3 rings (SSSR count). The third-order valence-corrected chi connectivity index (χ3v) is 3.88. The van der Waals surface area contributed by atoms with Crippen LogP contribution in [0, 0.1) is 5.92 Å². The first kappa shape index (κ1) is 13.8. The molecule has 1 atom stereocenters. The van der Waals surface area contributed by atoms with Gasteiger partial charge in [0.15, 0.2) is 0 Å². The van der Waals surface area contributed by atoms with E-state index in [0.29, 0.717) is 18.1 Å². The van der Waals surface area contributed by atoms with Crippen LogP contribution in [-0.4, -0.2) is 27.6 Å². The Morgan fingerprint density at radius 3 is 3.10 bits per heavy atom. The van der Waals surface area contributed by atoms with Crippen molar-refractivity contribution in [2.45, 2.75) is 32.7 Å². The number of ether oxygens (including phenoxy) is 1. The largest absolute Gasteiger partial charge is 0.462 e. The molecule has 1 aliphatic rings. The van der Waals surface area contributed by atoms with Gasteiger partial charge in [-0.15, -0.1) is 5.10 Å². The van der Waals surface area contributed by atoms with Crippen LogP contribution < -0.4 is 0 Å². The summed E-state index contributed by atoms with van der Waals surface area (Å²) in [5, 5.41) is 8.12. The number of hydrogen-bond acceptors (Lipinski definition) is 4. The lowest BCUT2D eigenvalue weighted by molar-refractivity contribution is 0.0432. The molecule has 2 aromatic rings. The molecule has 1 aromatic heterocycles. The smallest absolute Gasteiger partial charge is 0.338 e. The van der Waals surface area contributed by atoms with Gasteiger partial charge in [0, 0.05) is 6.54 Å². The summed E-state index contributed by atoms with van der Waals surface area (Å²) in [6.45, 7) is 3.26. The minimum atomic E-state index is -0.280. The Morgan fingerprint density at radius 1 is 1.43 bits per heavy atom. The molecule has 0 saturated heterocycles. The summed E-state index contributed by atoms with van der Waals surface area (Å²) in [4.78, 5) is 12.1. The first-order valence-electron chi connectivity index (χ1n) is 7.43. The molecule has 1 unspecified atom stereocenters. The molecule has 0 fully saturated rings. The highest BCUT2D eigenvalue weighted by molar-refractivity contribution is 5.93. The van der Waals surface area contributed by atoms with Crippen molar-refractivity contribution in [3.63, 3.8) is 0 Å². The predicted octanol–water partition coefficient (Wildman–Crippen LogP) is 2.96. The first-order chi connectivity index (χ1) is 10.3. The number of benzene rings is 1. The molecular formula is C16H19N3O2. The summed E-state index contributed by atoms with van der Waals surface area (Å²) in [5.74, 6) is 0.168. The molecule has 1 heterocycles. The van der Waals surface area contributed by atoms with Gasteiger partial charge in [-0.1, -0.05) is 17.4 Å². The second kappa shape index (κ2) is 6.08. The highest BCUT2D eigenvalue weighted by Crippen LogP contribution is 2.19. The van der Waals surface area contributed by atoms with Crippen LogP contribution in [0.5, 0.6) is 0 Å². The number of nitrogens with zero attached hydrogens (tertiary/aromatic N) is 3. The molecule has 0 saturated carbocycles. The van der Waals surface area contributed by atoms with Crippen molar-refractivity contribution in [1.82, 2.24) is 15.0 Å². The Morgan fingerprint density at radius 2 is 2.33 bits per heavy atom. The van der Waals surface area contributed by atoms with Gasteiger partial charge in [-0.2, -0.15) is 0 Å². The average molecular weight is 285 g/mol. The van der Waals surface area contributed by atoms with Crippen LogP contribution in [0.4, 0.5) is 0 Å². The van der Waals surface area contributed by atoms with Crippen LogP contribution >= 0.6 is 0 Å². The number of carbonyl (C=O) groups is 1. The molecule has 110 valence electrons. The molecule has 0 N–H and O–H groups in total. The molecule has 0 bridgehead atoms. The van der Waals surface area contributed by atoms with Crippen molar-refractivity contribution in [3.05, 3.63) is 35.9 Å². The van der Waals surface area contributed by atoms with Crippen LogP contribution in [0.15, 0.2) is 30.4 Å². The highest BCUT2D eigenvalue weighted by atomic mass is 16.5. The van der Waals surface area contributed by atoms with Gasteiger partial charge in [0.05, 0.1) is 17.7 Å². The summed E-state index contributed by atoms with van der Waals surface area (Å²) in [7, 11) is 0. The van der Waals surface area contributed by atoms with Crippen molar-refractivity contribution < 1.29 is 9.53 Å². The van der Waals surface area contributed by atoms with Crippen molar-refractivity contribution in [2.75, 3.05) is 6.61 Å². The van der Waals surface area contributed by atoms with E-state index in [0.717, 1.165) is 36.8 Å². The number of rotatable bonds is 4. The Bertz CT molecular complexity index is 675. The molecule has 0 radical (unpaired) electrons. The van der Waals surface area contributed by atoms with Crippen LogP contribution in [0.2, 0.25) is 0 Å². The fourth-order valence-electron chi connectivity index (χ4n) is 2.62. The lowest BCUT2D eigenvalue weighted by atomic mass is 9.95. The maximum absolute atomic E-state index is 12.1. The van der Waals surface area contributed by atoms with E-state index < -0.39 is 0 Å². The van der Waals surface area contributed by atoms with E-state index in [1.807, 2.05) is 13.0 Å². The molecule has 0 amide bonds. The van der Waals surface area contributed by atoms with E-state index in [4.69, 9.17) is 4.74 Å². The monoisotopic (exact) mass is 285 g/mol. The molecule has 5 nitrogen and oxygen atoms in total. The number of carbonyl (C=O) groups excluding carboxylic acids is 1. The fraction of sp³-hybridized carbons (Fsp3) is 0.438. The molecule has 1 aliphatic carbocycles. The highest BCUT2D eigenvalue weighted by Gasteiger charge is 2.15. The van der Waals surface area contributed by atoms with Crippen LogP contribution in [0.1, 0.15) is 36.5 Å². The third kappa shape index (κ3) is 2.96. The molecule has 0 aliphatic heterocycles. The van der Waals surface area contributed by atoms with Crippen LogP contribution in [-0.2, 0) is 11.3 Å². The summed E-state index contributed by atoms with van der Waals surface area (Å²) in [5.41, 5.74) is 2.20. The zero-order chi connectivity index (χ0) is 14.7. The maximum Gasteiger partial charge on any atom is 0.338 e. The molecule has 0 spiro atoms. The summed E-state index contributed by atoms with van der Waals surface area (Å²) >= 11 is 0. The number of aryl methyl sites for hydroxylation is 1. The summed E-state index contributed by atoms with van der Waals surface area (Å²) in [6, 6.07) is 5.40. The summed E-state index contributed by atoms with van der Waals surface area (Å²) < 4.78 is 7.23. The quantitative estimate of drug-likeness (QED) is 0.640. The standard InChI is InChI=1S/C16H19N3O2/c1-2-19-15-9-8-13(10-14(15)17-18-19)16(20)21-11-12-6-4-3-5-7-12/h3-4,8-10,12H,2,5-7,11H2,1H3. The number of aromatic nitrogens is 3. The van der Waals surface area contributed by atoms with Crippen molar-refractivity contribution in [3.8, 4) is 0 Å². The Labute approximate surface area is 123 Å². The topological polar surface area (TPSA) is 57.0 Å². The Balaban J connectivity index is 1.68. The lowest BCUT2D eigenvalue weighted by Gasteiger charge is -2.17. The van der Waals surface area contributed by atoms with Gasteiger partial charge in [-0.25, -0.2) is 9.48 Å². The SMILES string of the molecule is CCn1nnc2cc(C(=O)OCC3CC=CCC3)ccc21. The number of esters is 1. The van der Waals surface area contributed by atoms with E-state index in [1.54, 1.807) is 16.8 Å². The van der Waals surface area contributed by atoms with Crippen molar-refractivity contribution in [2.24, 2.45) is 5.92 Å².